The Morgan fingerprint density at radius 1 is 1.42 bits per heavy atom. The molecule has 0 aromatic carbocycles. The second kappa shape index (κ2) is 6.12. The van der Waals surface area contributed by atoms with Crippen LogP contribution in [0.3, 0.4) is 0 Å². The second-order valence-corrected chi connectivity index (χ2v) is 5.23. The van der Waals surface area contributed by atoms with Gasteiger partial charge in [-0.1, -0.05) is 16.1 Å². The Balaban J connectivity index is 2.25. The van der Waals surface area contributed by atoms with Gasteiger partial charge in [0.2, 0.25) is 0 Å². The van der Waals surface area contributed by atoms with E-state index in [2.05, 4.69) is 19.6 Å². The largest absolute Gasteiger partial charge is 0.371 e. The zero-order valence-electron chi connectivity index (χ0n) is 10.7. The maximum atomic E-state index is 12.0. The molecule has 0 atom stereocenters. The zero-order chi connectivity index (χ0) is 13.8. The second-order valence-electron chi connectivity index (χ2n) is 3.88. The molecule has 0 aliphatic heterocycles. The van der Waals surface area contributed by atoms with Crippen molar-refractivity contribution in [1.82, 2.24) is 19.4 Å². The third-order valence-electron chi connectivity index (χ3n) is 2.79. The number of rotatable bonds is 5. The molecule has 19 heavy (non-hydrogen) atoms. The lowest BCUT2D eigenvalue weighted by atomic mass is 10.4. The van der Waals surface area contributed by atoms with Crippen LogP contribution in [0.25, 0.3) is 0 Å². The molecule has 0 aliphatic carbocycles. The molecule has 0 fully saturated rings. The lowest BCUT2D eigenvalue weighted by Crippen LogP contribution is -2.28. The fourth-order valence-electron chi connectivity index (χ4n) is 1.74. The Kier molecular flexibility index (Phi) is 4.49. The topological polar surface area (TPSA) is 63.9 Å². The molecular weight excluding hydrogens is 286 g/mol. The highest BCUT2D eigenvalue weighted by molar-refractivity contribution is 7.10. The van der Waals surface area contributed by atoms with Crippen molar-refractivity contribution in [3.05, 3.63) is 32.6 Å². The van der Waals surface area contributed by atoms with Crippen molar-refractivity contribution in [1.29, 1.82) is 0 Å². The molecule has 0 radical (unpaired) electrons. The highest BCUT2D eigenvalue weighted by Crippen LogP contribution is 2.17. The average Bonchev–Trinajstić information content (AvgIpc) is 2.80. The number of hydrogen-bond donors (Lipinski definition) is 0. The molecule has 0 amide bonds. The van der Waals surface area contributed by atoms with Gasteiger partial charge in [0.1, 0.15) is 10.0 Å². The number of hydrogen-bond acceptors (Lipinski definition) is 6. The molecule has 0 spiro atoms. The first kappa shape index (κ1) is 14.0. The van der Waals surface area contributed by atoms with Gasteiger partial charge < -0.3 is 4.90 Å². The Morgan fingerprint density at radius 2 is 2.16 bits per heavy atom. The van der Waals surface area contributed by atoms with Crippen LogP contribution in [0.1, 0.15) is 19.5 Å². The van der Waals surface area contributed by atoms with E-state index in [1.165, 1.54) is 4.68 Å². The Morgan fingerprint density at radius 3 is 2.68 bits per heavy atom. The molecular formula is C11H14ClN5OS. The predicted octanol–water partition coefficient (Wildman–Crippen LogP) is 1.64. The quantitative estimate of drug-likeness (QED) is 0.840. The maximum Gasteiger partial charge on any atom is 0.269 e. The van der Waals surface area contributed by atoms with E-state index in [9.17, 15) is 4.79 Å². The van der Waals surface area contributed by atoms with Crippen molar-refractivity contribution in [3.8, 4) is 0 Å². The summed E-state index contributed by atoms with van der Waals surface area (Å²) in [6, 6.07) is 1.58. The Bertz CT molecular complexity index is 607. The fourth-order valence-corrected chi connectivity index (χ4v) is 2.35. The van der Waals surface area contributed by atoms with Gasteiger partial charge in [-0.05, 0) is 13.8 Å². The smallest absolute Gasteiger partial charge is 0.269 e. The van der Waals surface area contributed by atoms with Gasteiger partial charge in [-0.2, -0.15) is 5.10 Å². The van der Waals surface area contributed by atoms with Crippen molar-refractivity contribution in [2.24, 2.45) is 0 Å². The summed E-state index contributed by atoms with van der Waals surface area (Å²) in [5.41, 5.74) is 1.22. The standard InChI is InChI=1S/C11H14ClN5OS/c1-3-16(4-2)8-5-10(18)17(13-6-8)7-9-11(12)19-15-14-9/h5-6H,3-4,7H2,1-2H3. The van der Waals surface area contributed by atoms with E-state index in [1.54, 1.807) is 12.3 Å². The van der Waals surface area contributed by atoms with Crippen LogP contribution >= 0.6 is 23.1 Å². The van der Waals surface area contributed by atoms with Gasteiger partial charge in [-0.3, -0.25) is 4.79 Å². The summed E-state index contributed by atoms with van der Waals surface area (Å²) >= 11 is 7.01. The summed E-state index contributed by atoms with van der Waals surface area (Å²) in [5.74, 6) is 0. The van der Waals surface area contributed by atoms with E-state index in [4.69, 9.17) is 11.6 Å². The van der Waals surface area contributed by atoms with Crippen molar-refractivity contribution in [3.63, 3.8) is 0 Å². The highest BCUT2D eigenvalue weighted by atomic mass is 35.5. The summed E-state index contributed by atoms with van der Waals surface area (Å²) in [5, 5.41) is 8.02. The van der Waals surface area contributed by atoms with Gasteiger partial charge in [-0.25, -0.2) is 4.68 Å². The molecule has 0 saturated carbocycles. The Labute approximate surface area is 119 Å². The third kappa shape index (κ3) is 3.10. The van der Waals surface area contributed by atoms with Crippen LogP contribution in [0.5, 0.6) is 0 Å². The van der Waals surface area contributed by atoms with Gasteiger partial charge in [0, 0.05) is 30.7 Å². The highest BCUT2D eigenvalue weighted by Gasteiger charge is 2.10. The van der Waals surface area contributed by atoms with E-state index >= 15 is 0 Å². The van der Waals surface area contributed by atoms with E-state index in [-0.39, 0.29) is 12.1 Å². The molecule has 0 bridgehead atoms. The first-order chi connectivity index (χ1) is 9.15. The molecule has 102 valence electrons. The minimum atomic E-state index is -0.173. The van der Waals surface area contributed by atoms with Crippen LogP contribution in [0.15, 0.2) is 17.1 Å². The minimum Gasteiger partial charge on any atom is -0.371 e. The van der Waals surface area contributed by atoms with Gasteiger partial charge >= 0.3 is 0 Å². The van der Waals surface area contributed by atoms with E-state index in [0.29, 0.717) is 10.0 Å². The van der Waals surface area contributed by atoms with Crippen molar-refractivity contribution >= 4 is 28.8 Å². The maximum absolute atomic E-state index is 12.0. The summed E-state index contributed by atoms with van der Waals surface area (Å²) in [4.78, 5) is 14.1. The number of nitrogens with zero attached hydrogens (tertiary/aromatic N) is 5. The predicted molar refractivity (Wildman–Crippen MR) is 76.1 cm³/mol. The zero-order valence-corrected chi connectivity index (χ0v) is 12.3. The lowest BCUT2D eigenvalue weighted by molar-refractivity contribution is 0.624. The van der Waals surface area contributed by atoms with Crippen molar-refractivity contribution in [2.45, 2.75) is 20.4 Å². The molecule has 2 rings (SSSR count). The van der Waals surface area contributed by atoms with Crippen molar-refractivity contribution < 1.29 is 0 Å². The van der Waals surface area contributed by atoms with Crippen LogP contribution in [0.2, 0.25) is 4.34 Å². The third-order valence-corrected chi connectivity index (χ3v) is 3.78. The first-order valence-corrected chi connectivity index (χ1v) is 7.09. The number of anilines is 1. The molecule has 6 nitrogen and oxygen atoms in total. The summed E-state index contributed by atoms with van der Waals surface area (Å²) in [7, 11) is 0. The van der Waals surface area contributed by atoms with E-state index < -0.39 is 0 Å². The van der Waals surface area contributed by atoms with Gasteiger partial charge in [0.25, 0.3) is 5.56 Å². The van der Waals surface area contributed by atoms with Crippen LogP contribution in [0, 0.1) is 0 Å². The van der Waals surface area contributed by atoms with Gasteiger partial charge in [0.05, 0.1) is 18.4 Å². The molecule has 2 aromatic rings. The first-order valence-electron chi connectivity index (χ1n) is 5.94. The minimum absolute atomic E-state index is 0.173. The van der Waals surface area contributed by atoms with E-state index in [0.717, 1.165) is 30.3 Å². The SMILES string of the molecule is CCN(CC)c1cnn(Cc2nnsc2Cl)c(=O)c1. The van der Waals surface area contributed by atoms with Crippen LogP contribution in [-0.4, -0.2) is 32.5 Å². The molecule has 8 heteroatoms. The molecule has 2 aromatic heterocycles. The number of halogens is 1. The molecule has 0 aliphatic rings. The van der Waals surface area contributed by atoms with Crippen LogP contribution in [-0.2, 0) is 6.54 Å². The lowest BCUT2D eigenvalue weighted by Gasteiger charge is -2.20. The molecule has 0 N–H and O–H groups in total. The molecule has 0 unspecified atom stereocenters. The monoisotopic (exact) mass is 299 g/mol. The molecule has 0 saturated heterocycles. The molecule has 2 heterocycles. The number of aromatic nitrogens is 4. The van der Waals surface area contributed by atoms with Gasteiger partial charge in [-0.15, -0.1) is 5.10 Å². The van der Waals surface area contributed by atoms with Crippen LogP contribution in [0.4, 0.5) is 5.69 Å². The summed E-state index contributed by atoms with van der Waals surface area (Å²) in [6.07, 6.45) is 1.68. The van der Waals surface area contributed by atoms with E-state index in [1.807, 2.05) is 13.8 Å². The van der Waals surface area contributed by atoms with Gasteiger partial charge in [0.15, 0.2) is 0 Å². The van der Waals surface area contributed by atoms with Crippen molar-refractivity contribution in [2.75, 3.05) is 18.0 Å². The summed E-state index contributed by atoms with van der Waals surface area (Å²) in [6.45, 7) is 5.99. The Hall–Kier alpha value is -1.47. The normalized spacial score (nSPS) is 10.7. The average molecular weight is 300 g/mol. The van der Waals surface area contributed by atoms with Crippen LogP contribution < -0.4 is 10.5 Å². The fraction of sp³-hybridized carbons (Fsp3) is 0.455. The summed E-state index contributed by atoms with van der Waals surface area (Å²) < 4.78 is 5.54.